The molecule has 0 unspecified atom stereocenters. The van der Waals surface area contributed by atoms with Gasteiger partial charge in [-0.05, 0) is 82.1 Å². The molecule has 11 rings (SSSR count). The van der Waals surface area contributed by atoms with Crippen molar-refractivity contribution >= 4 is 71.6 Å². The molecular formula is C52H34N2O. The van der Waals surface area contributed by atoms with E-state index in [1.54, 1.807) is 0 Å². The van der Waals surface area contributed by atoms with E-state index in [0.29, 0.717) is 0 Å². The van der Waals surface area contributed by atoms with Gasteiger partial charge < -0.3 is 13.9 Å². The largest absolute Gasteiger partial charge is 0.456 e. The predicted molar refractivity (Wildman–Crippen MR) is 231 cm³/mol. The van der Waals surface area contributed by atoms with E-state index in [9.17, 15) is 0 Å². The third kappa shape index (κ3) is 5.05. The van der Waals surface area contributed by atoms with Crippen LogP contribution in [0.15, 0.2) is 211 Å². The van der Waals surface area contributed by atoms with Gasteiger partial charge in [0.1, 0.15) is 11.2 Å². The molecule has 3 nitrogen and oxygen atoms in total. The average Bonchev–Trinajstić information content (AvgIpc) is 3.79. The van der Waals surface area contributed by atoms with Gasteiger partial charge in [-0.2, -0.15) is 0 Å². The van der Waals surface area contributed by atoms with Crippen molar-refractivity contribution in [2.75, 3.05) is 4.90 Å². The molecule has 0 atom stereocenters. The van der Waals surface area contributed by atoms with E-state index < -0.39 is 0 Å². The van der Waals surface area contributed by atoms with Crippen molar-refractivity contribution in [2.24, 2.45) is 0 Å². The Bertz CT molecular complexity index is 3200. The van der Waals surface area contributed by atoms with Gasteiger partial charge >= 0.3 is 0 Å². The van der Waals surface area contributed by atoms with Gasteiger partial charge in [0.25, 0.3) is 0 Å². The second-order valence-corrected chi connectivity index (χ2v) is 14.1. The minimum Gasteiger partial charge on any atom is -0.456 e. The van der Waals surface area contributed by atoms with E-state index in [1.807, 2.05) is 12.1 Å². The molecule has 2 aromatic heterocycles. The van der Waals surface area contributed by atoms with Crippen LogP contribution in [0.4, 0.5) is 17.1 Å². The van der Waals surface area contributed by atoms with E-state index in [4.69, 9.17) is 4.42 Å². The van der Waals surface area contributed by atoms with Gasteiger partial charge in [-0.25, -0.2) is 0 Å². The monoisotopic (exact) mass is 702 g/mol. The fourth-order valence-corrected chi connectivity index (χ4v) is 8.55. The van der Waals surface area contributed by atoms with Crippen molar-refractivity contribution in [3.63, 3.8) is 0 Å². The van der Waals surface area contributed by atoms with Crippen LogP contribution in [-0.4, -0.2) is 4.57 Å². The number of hydrogen-bond donors (Lipinski definition) is 0. The zero-order valence-corrected chi connectivity index (χ0v) is 29.9. The third-order valence-electron chi connectivity index (χ3n) is 11.0. The summed E-state index contributed by atoms with van der Waals surface area (Å²) in [6, 6.07) is 74.0. The molecule has 258 valence electrons. The van der Waals surface area contributed by atoms with Crippen molar-refractivity contribution in [2.45, 2.75) is 0 Å². The number of nitrogens with zero attached hydrogens (tertiary/aromatic N) is 2. The number of anilines is 3. The zero-order valence-electron chi connectivity index (χ0n) is 29.9. The molecule has 0 radical (unpaired) electrons. The van der Waals surface area contributed by atoms with Crippen LogP contribution in [-0.2, 0) is 0 Å². The Labute approximate surface area is 318 Å². The first-order chi connectivity index (χ1) is 27.3. The van der Waals surface area contributed by atoms with Crippen LogP contribution < -0.4 is 4.90 Å². The Morgan fingerprint density at radius 1 is 0.382 bits per heavy atom. The number of hydrogen-bond acceptors (Lipinski definition) is 2. The van der Waals surface area contributed by atoms with Crippen LogP contribution in [0, 0.1) is 0 Å². The summed E-state index contributed by atoms with van der Waals surface area (Å²) >= 11 is 0. The van der Waals surface area contributed by atoms with E-state index in [1.165, 1.54) is 38.2 Å². The van der Waals surface area contributed by atoms with Crippen molar-refractivity contribution < 1.29 is 4.42 Å². The topological polar surface area (TPSA) is 21.3 Å². The fourth-order valence-electron chi connectivity index (χ4n) is 8.55. The summed E-state index contributed by atoms with van der Waals surface area (Å²) in [6.07, 6.45) is 0. The highest BCUT2D eigenvalue weighted by Crippen LogP contribution is 2.46. The maximum absolute atomic E-state index is 6.47. The first-order valence-corrected chi connectivity index (χ1v) is 18.8. The fraction of sp³-hybridized carbons (Fsp3) is 0. The first kappa shape index (κ1) is 31.2. The summed E-state index contributed by atoms with van der Waals surface area (Å²) in [4.78, 5) is 2.38. The van der Waals surface area contributed by atoms with Gasteiger partial charge in [0.05, 0.1) is 16.7 Å². The lowest BCUT2D eigenvalue weighted by Gasteiger charge is -2.28. The lowest BCUT2D eigenvalue weighted by atomic mass is 9.94. The summed E-state index contributed by atoms with van der Waals surface area (Å²) in [5.74, 6) is 0. The minimum absolute atomic E-state index is 0.861. The molecule has 0 saturated heterocycles. The van der Waals surface area contributed by atoms with Crippen molar-refractivity contribution in [1.82, 2.24) is 4.57 Å². The molecule has 0 aliphatic carbocycles. The summed E-state index contributed by atoms with van der Waals surface area (Å²) in [5, 5.41) is 7.16. The Hall–Kier alpha value is -7.36. The van der Waals surface area contributed by atoms with Gasteiger partial charge in [-0.1, -0.05) is 146 Å². The SMILES string of the molecule is c1ccc(-c2ccccc2N(c2ccc3c(c2)oc2ccccc23)c2ccc3c4c(-c5cccc6ccccc56)cccc4n(-c4ccccc4)c3c2)cc1. The molecule has 55 heavy (non-hydrogen) atoms. The smallest absolute Gasteiger partial charge is 0.137 e. The van der Waals surface area contributed by atoms with Gasteiger partial charge in [0, 0.05) is 50.2 Å². The Kier molecular flexibility index (Phi) is 7.17. The highest BCUT2D eigenvalue weighted by atomic mass is 16.3. The van der Waals surface area contributed by atoms with Crippen LogP contribution in [0.3, 0.4) is 0 Å². The predicted octanol–water partition coefficient (Wildman–Crippen LogP) is 14.6. The summed E-state index contributed by atoms with van der Waals surface area (Å²) < 4.78 is 8.90. The van der Waals surface area contributed by atoms with Crippen LogP contribution in [0.2, 0.25) is 0 Å². The summed E-state index contributed by atoms with van der Waals surface area (Å²) in [7, 11) is 0. The molecule has 0 saturated carbocycles. The molecular weight excluding hydrogens is 669 g/mol. The molecule has 9 aromatic carbocycles. The normalized spacial score (nSPS) is 11.6. The Morgan fingerprint density at radius 3 is 1.87 bits per heavy atom. The molecule has 3 heteroatoms. The highest BCUT2D eigenvalue weighted by Gasteiger charge is 2.22. The van der Waals surface area contributed by atoms with Gasteiger partial charge in [-0.3, -0.25) is 0 Å². The van der Waals surface area contributed by atoms with Crippen molar-refractivity contribution in [3.8, 4) is 27.9 Å². The van der Waals surface area contributed by atoms with E-state index in [-0.39, 0.29) is 0 Å². The van der Waals surface area contributed by atoms with Crippen LogP contribution in [0.5, 0.6) is 0 Å². The number of benzene rings is 9. The average molecular weight is 703 g/mol. The molecule has 0 aliphatic heterocycles. The standard InChI is InChI=1S/C52H34N2O/c1-3-15-36(16-4-1)41-22-9-11-26-47(41)53(39-29-31-44-43-23-10-12-28-50(43)55-51(44)34-39)38-30-32-46-49(33-38)54(37-19-5-2-6-20-37)48-27-14-25-45(52(46)48)42-24-13-18-35-17-7-8-21-40(35)42/h1-34H. The Morgan fingerprint density at radius 2 is 1.00 bits per heavy atom. The zero-order chi connectivity index (χ0) is 36.3. The highest BCUT2D eigenvalue weighted by molar-refractivity contribution is 6.18. The minimum atomic E-state index is 0.861. The number of fused-ring (bicyclic) bond motifs is 7. The lowest BCUT2D eigenvalue weighted by molar-refractivity contribution is 0.669. The number of furan rings is 1. The number of para-hydroxylation sites is 3. The van der Waals surface area contributed by atoms with Crippen LogP contribution in [0.1, 0.15) is 0 Å². The first-order valence-electron chi connectivity index (χ1n) is 18.8. The summed E-state index contributed by atoms with van der Waals surface area (Å²) in [5.41, 5.74) is 13.1. The van der Waals surface area contributed by atoms with Crippen LogP contribution in [0.25, 0.3) is 82.5 Å². The molecule has 2 heterocycles. The van der Waals surface area contributed by atoms with Crippen LogP contribution >= 0.6 is 0 Å². The van der Waals surface area contributed by atoms with Gasteiger partial charge in [0.15, 0.2) is 0 Å². The second kappa shape index (κ2) is 12.6. The molecule has 0 N–H and O–H groups in total. The third-order valence-corrected chi connectivity index (χ3v) is 11.0. The van der Waals surface area contributed by atoms with Crippen molar-refractivity contribution in [1.29, 1.82) is 0 Å². The molecule has 0 spiro atoms. The van der Waals surface area contributed by atoms with E-state index in [2.05, 4.69) is 204 Å². The molecule has 0 aliphatic rings. The van der Waals surface area contributed by atoms with E-state index >= 15 is 0 Å². The lowest BCUT2D eigenvalue weighted by Crippen LogP contribution is -2.11. The second-order valence-electron chi connectivity index (χ2n) is 14.1. The maximum atomic E-state index is 6.47. The molecule has 0 fully saturated rings. The quantitative estimate of drug-likeness (QED) is 0.172. The van der Waals surface area contributed by atoms with Gasteiger partial charge in [0.2, 0.25) is 0 Å². The maximum Gasteiger partial charge on any atom is 0.137 e. The van der Waals surface area contributed by atoms with Crippen molar-refractivity contribution in [3.05, 3.63) is 206 Å². The number of aromatic nitrogens is 1. The van der Waals surface area contributed by atoms with Gasteiger partial charge in [-0.15, -0.1) is 0 Å². The number of rotatable bonds is 6. The molecule has 11 aromatic rings. The molecule has 0 amide bonds. The van der Waals surface area contributed by atoms with E-state index in [0.717, 1.165) is 61.3 Å². The molecule has 0 bridgehead atoms. The Balaban J connectivity index is 1.21. The summed E-state index contributed by atoms with van der Waals surface area (Å²) in [6.45, 7) is 0.